The minimum absolute atomic E-state index is 0.203. The first-order valence-electron chi connectivity index (χ1n) is 6.29. The lowest BCUT2D eigenvalue weighted by molar-refractivity contribution is 0.0694. The third-order valence-electron chi connectivity index (χ3n) is 2.80. The minimum Gasteiger partial charge on any atom is -0.389 e. The zero-order valence-electron chi connectivity index (χ0n) is 12.1. The van der Waals surface area contributed by atoms with Crippen LogP contribution in [0.2, 0.25) is 5.15 Å². The van der Waals surface area contributed by atoms with E-state index in [0.717, 1.165) is 11.4 Å². The number of hydrogen-bond donors (Lipinski definition) is 1. The molecule has 0 radical (unpaired) electrons. The molecule has 0 aliphatic carbocycles. The van der Waals surface area contributed by atoms with Crippen molar-refractivity contribution in [2.75, 3.05) is 32.2 Å². The van der Waals surface area contributed by atoms with Crippen LogP contribution in [-0.4, -0.2) is 48.5 Å². The summed E-state index contributed by atoms with van der Waals surface area (Å²) in [6.45, 7) is 6.63. The summed E-state index contributed by atoms with van der Waals surface area (Å²) in [7, 11) is 3.43. The molecular formula is C13H22ClN3O2. The molecule has 0 aliphatic heterocycles. The van der Waals surface area contributed by atoms with Gasteiger partial charge in [0.2, 0.25) is 0 Å². The molecule has 0 saturated heterocycles. The Morgan fingerprint density at radius 1 is 1.37 bits per heavy atom. The fourth-order valence-corrected chi connectivity index (χ4v) is 1.94. The standard InChI is InChI=1S/C13H22ClN3O2/c1-8(2)12-15-11(14)9(3)13(16-12)17(4)6-10(18)7-19-5/h8,10,18H,6-7H2,1-5H3. The average molecular weight is 288 g/mol. The average Bonchev–Trinajstić information content (AvgIpc) is 2.32. The highest BCUT2D eigenvalue weighted by atomic mass is 35.5. The van der Waals surface area contributed by atoms with Crippen molar-refractivity contribution in [2.45, 2.75) is 32.8 Å². The van der Waals surface area contributed by atoms with Gasteiger partial charge in [0.15, 0.2) is 0 Å². The molecule has 0 aromatic carbocycles. The highest BCUT2D eigenvalue weighted by Gasteiger charge is 2.17. The largest absolute Gasteiger partial charge is 0.389 e. The Kier molecular flexibility index (Phi) is 5.97. The lowest BCUT2D eigenvalue weighted by Gasteiger charge is -2.24. The number of nitrogens with zero attached hydrogens (tertiary/aromatic N) is 3. The van der Waals surface area contributed by atoms with Crippen LogP contribution in [0.4, 0.5) is 5.82 Å². The summed E-state index contributed by atoms with van der Waals surface area (Å²) in [5.74, 6) is 1.66. The number of anilines is 1. The molecule has 6 heteroatoms. The van der Waals surface area contributed by atoms with Crippen LogP contribution in [0.5, 0.6) is 0 Å². The predicted octanol–water partition coefficient (Wildman–Crippen LogP) is 2.01. The number of halogens is 1. The number of aromatic nitrogens is 2. The fourth-order valence-electron chi connectivity index (χ4n) is 1.77. The molecule has 0 fully saturated rings. The second-order valence-corrected chi connectivity index (χ2v) is 5.32. The maximum atomic E-state index is 9.78. The molecule has 0 bridgehead atoms. The number of aliphatic hydroxyl groups excluding tert-OH is 1. The van der Waals surface area contributed by atoms with Gasteiger partial charge in [0.25, 0.3) is 0 Å². The first-order valence-corrected chi connectivity index (χ1v) is 6.66. The van der Waals surface area contributed by atoms with Crippen molar-refractivity contribution in [1.82, 2.24) is 9.97 Å². The second kappa shape index (κ2) is 7.03. The minimum atomic E-state index is -0.564. The van der Waals surface area contributed by atoms with Gasteiger partial charge in [-0.1, -0.05) is 25.4 Å². The Balaban J connectivity index is 2.98. The van der Waals surface area contributed by atoms with Gasteiger partial charge in [0, 0.05) is 32.2 Å². The summed E-state index contributed by atoms with van der Waals surface area (Å²) in [5, 5.41) is 10.2. The van der Waals surface area contributed by atoms with Gasteiger partial charge in [-0.15, -0.1) is 0 Å². The van der Waals surface area contributed by atoms with Gasteiger partial charge in [-0.2, -0.15) is 0 Å². The zero-order valence-corrected chi connectivity index (χ0v) is 12.9. The van der Waals surface area contributed by atoms with E-state index in [0.29, 0.717) is 24.1 Å². The van der Waals surface area contributed by atoms with Crippen LogP contribution in [0.25, 0.3) is 0 Å². The van der Waals surface area contributed by atoms with Gasteiger partial charge < -0.3 is 14.7 Å². The molecule has 0 saturated carbocycles. The lowest BCUT2D eigenvalue weighted by atomic mass is 10.2. The number of methoxy groups -OCH3 is 1. The topological polar surface area (TPSA) is 58.5 Å². The molecule has 19 heavy (non-hydrogen) atoms. The van der Waals surface area contributed by atoms with E-state index >= 15 is 0 Å². The smallest absolute Gasteiger partial charge is 0.137 e. The molecule has 108 valence electrons. The van der Waals surface area contributed by atoms with E-state index in [1.807, 2.05) is 32.7 Å². The molecular weight excluding hydrogens is 266 g/mol. The fraction of sp³-hybridized carbons (Fsp3) is 0.692. The normalized spacial score (nSPS) is 12.8. The van der Waals surface area contributed by atoms with Crippen molar-refractivity contribution >= 4 is 17.4 Å². The van der Waals surface area contributed by atoms with Gasteiger partial charge in [0.1, 0.15) is 16.8 Å². The van der Waals surface area contributed by atoms with Crippen LogP contribution in [0.1, 0.15) is 31.2 Å². The van der Waals surface area contributed by atoms with Gasteiger partial charge in [0.05, 0.1) is 12.7 Å². The van der Waals surface area contributed by atoms with E-state index in [1.54, 1.807) is 7.11 Å². The summed E-state index contributed by atoms with van der Waals surface area (Å²) in [5.41, 5.74) is 0.818. The number of likely N-dealkylation sites (N-methyl/N-ethyl adjacent to an activating group) is 1. The molecule has 1 heterocycles. The third-order valence-corrected chi connectivity index (χ3v) is 3.17. The van der Waals surface area contributed by atoms with Crippen LogP contribution < -0.4 is 4.90 Å². The van der Waals surface area contributed by atoms with Crippen LogP contribution >= 0.6 is 11.6 Å². The SMILES string of the molecule is COCC(O)CN(C)c1nc(C(C)C)nc(Cl)c1C. The van der Waals surface area contributed by atoms with E-state index in [2.05, 4.69) is 9.97 Å². The van der Waals surface area contributed by atoms with Gasteiger partial charge in [-0.05, 0) is 6.92 Å². The Morgan fingerprint density at radius 3 is 2.53 bits per heavy atom. The number of hydrogen-bond acceptors (Lipinski definition) is 5. The molecule has 0 aliphatic rings. The zero-order chi connectivity index (χ0) is 14.6. The van der Waals surface area contributed by atoms with E-state index in [1.165, 1.54) is 0 Å². The number of rotatable bonds is 6. The van der Waals surface area contributed by atoms with Crippen molar-refractivity contribution in [3.05, 3.63) is 16.5 Å². The van der Waals surface area contributed by atoms with E-state index < -0.39 is 6.10 Å². The summed E-state index contributed by atoms with van der Waals surface area (Å²) < 4.78 is 4.92. The van der Waals surface area contributed by atoms with Crippen molar-refractivity contribution < 1.29 is 9.84 Å². The lowest BCUT2D eigenvalue weighted by Crippen LogP contribution is -2.33. The molecule has 1 aromatic rings. The maximum Gasteiger partial charge on any atom is 0.137 e. The van der Waals surface area contributed by atoms with Crippen LogP contribution in [0, 0.1) is 6.92 Å². The molecule has 0 spiro atoms. The summed E-state index contributed by atoms with van der Waals surface area (Å²) in [6, 6.07) is 0. The Bertz CT molecular complexity index is 427. The highest BCUT2D eigenvalue weighted by Crippen LogP contribution is 2.25. The van der Waals surface area contributed by atoms with E-state index in [9.17, 15) is 5.11 Å². The van der Waals surface area contributed by atoms with Crippen molar-refractivity contribution in [3.8, 4) is 0 Å². The first-order chi connectivity index (χ1) is 8.86. The van der Waals surface area contributed by atoms with Crippen LogP contribution in [-0.2, 0) is 4.74 Å². The first kappa shape index (κ1) is 16.1. The van der Waals surface area contributed by atoms with Crippen LogP contribution in [0.3, 0.4) is 0 Å². The molecule has 0 amide bonds. The third kappa shape index (κ3) is 4.30. The molecule has 1 N–H and O–H groups in total. The van der Waals surface area contributed by atoms with Gasteiger partial charge >= 0.3 is 0 Å². The Morgan fingerprint density at radius 2 is 2.00 bits per heavy atom. The highest BCUT2D eigenvalue weighted by molar-refractivity contribution is 6.30. The number of aliphatic hydroxyl groups is 1. The van der Waals surface area contributed by atoms with Gasteiger partial charge in [-0.25, -0.2) is 9.97 Å². The van der Waals surface area contributed by atoms with Crippen molar-refractivity contribution in [3.63, 3.8) is 0 Å². The molecule has 1 aromatic heterocycles. The molecule has 1 rings (SSSR count). The Labute approximate surface area is 119 Å². The Hall–Kier alpha value is -0.910. The van der Waals surface area contributed by atoms with E-state index in [-0.39, 0.29) is 5.92 Å². The molecule has 1 atom stereocenters. The number of ether oxygens (including phenoxy) is 1. The quantitative estimate of drug-likeness (QED) is 0.811. The van der Waals surface area contributed by atoms with Gasteiger partial charge in [-0.3, -0.25) is 0 Å². The molecule has 1 unspecified atom stereocenters. The van der Waals surface area contributed by atoms with E-state index in [4.69, 9.17) is 16.3 Å². The molecule has 5 nitrogen and oxygen atoms in total. The van der Waals surface area contributed by atoms with Crippen LogP contribution in [0.15, 0.2) is 0 Å². The predicted molar refractivity (Wildman–Crippen MR) is 77.0 cm³/mol. The summed E-state index contributed by atoms with van der Waals surface area (Å²) >= 11 is 6.14. The van der Waals surface area contributed by atoms with Crippen molar-refractivity contribution in [2.24, 2.45) is 0 Å². The second-order valence-electron chi connectivity index (χ2n) is 4.97. The maximum absolute atomic E-state index is 9.78. The van der Waals surface area contributed by atoms with Crippen molar-refractivity contribution in [1.29, 1.82) is 0 Å². The monoisotopic (exact) mass is 287 g/mol. The summed E-state index contributed by atoms with van der Waals surface area (Å²) in [4.78, 5) is 10.7. The summed E-state index contributed by atoms with van der Waals surface area (Å²) in [6.07, 6.45) is -0.564.